The molecule has 148 valence electrons. The van der Waals surface area contributed by atoms with Crippen LogP contribution in [0.3, 0.4) is 0 Å². The molecule has 0 saturated heterocycles. The Balaban J connectivity index is 1.46. The molecular formula is C27H24N2O. The van der Waals surface area contributed by atoms with Crippen LogP contribution >= 0.6 is 0 Å². The third-order valence-corrected chi connectivity index (χ3v) is 5.02. The average molecular weight is 393 g/mol. The van der Waals surface area contributed by atoms with Crippen molar-refractivity contribution < 1.29 is 4.79 Å². The number of ketones is 1. The number of allylic oxidation sites excluding steroid dienone is 1. The second kappa shape index (κ2) is 8.83. The second-order valence-corrected chi connectivity index (χ2v) is 7.87. The highest BCUT2D eigenvalue weighted by molar-refractivity contribution is 6.07. The number of nitrogens with zero attached hydrogens (tertiary/aromatic N) is 2. The first-order valence-corrected chi connectivity index (χ1v) is 10.2. The summed E-state index contributed by atoms with van der Waals surface area (Å²) < 4.78 is 0. The normalized spacial score (nSPS) is 11.4. The van der Waals surface area contributed by atoms with Gasteiger partial charge in [-0.25, -0.2) is 0 Å². The zero-order valence-electron chi connectivity index (χ0n) is 17.2. The van der Waals surface area contributed by atoms with E-state index in [0.717, 1.165) is 34.1 Å². The van der Waals surface area contributed by atoms with Gasteiger partial charge in [-0.3, -0.25) is 14.8 Å². The number of rotatable bonds is 6. The zero-order valence-corrected chi connectivity index (χ0v) is 17.2. The van der Waals surface area contributed by atoms with Gasteiger partial charge in [0.1, 0.15) is 0 Å². The predicted molar refractivity (Wildman–Crippen MR) is 123 cm³/mol. The van der Waals surface area contributed by atoms with E-state index in [1.807, 2.05) is 48.5 Å². The van der Waals surface area contributed by atoms with Gasteiger partial charge in [-0.2, -0.15) is 0 Å². The summed E-state index contributed by atoms with van der Waals surface area (Å²) in [6.07, 6.45) is 7.85. The zero-order chi connectivity index (χ0) is 20.9. The van der Waals surface area contributed by atoms with Gasteiger partial charge in [0, 0.05) is 18.0 Å². The van der Waals surface area contributed by atoms with E-state index in [0.29, 0.717) is 11.5 Å². The van der Waals surface area contributed by atoms with Crippen LogP contribution in [0.2, 0.25) is 0 Å². The van der Waals surface area contributed by atoms with Crippen molar-refractivity contribution in [1.29, 1.82) is 0 Å². The molecule has 0 aliphatic carbocycles. The Morgan fingerprint density at radius 1 is 0.833 bits per heavy atom. The van der Waals surface area contributed by atoms with Crippen LogP contribution in [0.15, 0.2) is 85.2 Å². The third kappa shape index (κ3) is 4.69. The molecule has 0 saturated carbocycles. The van der Waals surface area contributed by atoms with E-state index in [4.69, 9.17) is 0 Å². The fourth-order valence-corrected chi connectivity index (χ4v) is 3.48. The fourth-order valence-electron chi connectivity index (χ4n) is 3.48. The summed E-state index contributed by atoms with van der Waals surface area (Å²) >= 11 is 0. The molecule has 3 nitrogen and oxygen atoms in total. The molecule has 0 spiro atoms. The first-order chi connectivity index (χ1) is 14.6. The maximum absolute atomic E-state index is 12.6. The number of hydrogen-bond acceptors (Lipinski definition) is 3. The van der Waals surface area contributed by atoms with Crippen LogP contribution in [-0.4, -0.2) is 15.8 Å². The highest BCUT2D eigenvalue weighted by atomic mass is 16.1. The lowest BCUT2D eigenvalue weighted by molar-refractivity contribution is 0.104. The number of fused-ring (bicyclic) bond motifs is 1. The van der Waals surface area contributed by atoms with Crippen LogP contribution in [0, 0.1) is 5.92 Å². The van der Waals surface area contributed by atoms with Crippen LogP contribution in [0.4, 0.5) is 0 Å². The average Bonchev–Trinajstić information content (AvgIpc) is 2.77. The summed E-state index contributed by atoms with van der Waals surface area (Å²) in [5.41, 5.74) is 6.88. The first-order valence-electron chi connectivity index (χ1n) is 10.2. The number of hydrogen-bond donors (Lipinski definition) is 0. The largest absolute Gasteiger partial charge is 0.289 e. The summed E-state index contributed by atoms with van der Waals surface area (Å²) in [6.45, 7) is 4.46. The summed E-state index contributed by atoms with van der Waals surface area (Å²) in [6, 6.07) is 22.2. The van der Waals surface area contributed by atoms with Gasteiger partial charge in [-0.1, -0.05) is 74.5 Å². The quantitative estimate of drug-likeness (QED) is 0.282. The van der Waals surface area contributed by atoms with E-state index in [-0.39, 0.29) is 5.78 Å². The van der Waals surface area contributed by atoms with Crippen molar-refractivity contribution >= 4 is 22.9 Å². The van der Waals surface area contributed by atoms with Crippen molar-refractivity contribution in [3.05, 3.63) is 102 Å². The smallest absolute Gasteiger partial charge is 0.185 e. The van der Waals surface area contributed by atoms with Crippen LogP contribution in [0.25, 0.3) is 28.2 Å². The van der Waals surface area contributed by atoms with E-state index in [9.17, 15) is 4.79 Å². The van der Waals surface area contributed by atoms with Crippen LogP contribution in [-0.2, 0) is 6.42 Å². The SMILES string of the molecule is CC(C)Cc1ccc(-c2ccc(C(=O)/C=C/c3ccc4nccnc4c3)cc2)cc1. The van der Waals surface area contributed by atoms with E-state index < -0.39 is 0 Å². The van der Waals surface area contributed by atoms with Crippen molar-refractivity contribution in [1.82, 2.24) is 9.97 Å². The maximum atomic E-state index is 12.6. The molecule has 0 radical (unpaired) electrons. The molecule has 1 heterocycles. The van der Waals surface area contributed by atoms with Gasteiger partial charge in [-0.05, 0) is 52.8 Å². The lowest BCUT2D eigenvalue weighted by Gasteiger charge is -2.07. The molecule has 0 unspecified atom stereocenters. The van der Waals surface area contributed by atoms with Gasteiger partial charge >= 0.3 is 0 Å². The molecule has 0 aliphatic heterocycles. The fraction of sp³-hybridized carbons (Fsp3) is 0.148. The molecule has 1 aromatic heterocycles. The van der Waals surface area contributed by atoms with Crippen molar-refractivity contribution in [2.45, 2.75) is 20.3 Å². The van der Waals surface area contributed by atoms with Crippen molar-refractivity contribution in [3.8, 4) is 11.1 Å². The lowest BCUT2D eigenvalue weighted by Crippen LogP contribution is -1.95. The topological polar surface area (TPSA) is 42.9 Å². The van der Waals surface area contributed by atoms with Gasteiger partial charge in [0.25, 0.3) is 0 Å². The maximum Gasteiger partial charge on any atom is 0.185 e. The van der Waals surface area contributed by atoms with Crippen LogP contribution < -0.4 is 0 Å². The van der Waals surface area contributed by atoms with Gasteiger partial charge in [-0.15, -0.1) is 0 Å². The Morgan fingerprint density at radius 3 is 2.13 bits per heavy atom. The van der Waals surface area contributed by atoms with Crippen molar-refractivity contribution in [2.75, 3.05) is 0 Å². The molecule has 0 atom stereocenters. The summed E-state index contributed by atoms with van der Waals surface area (Å²) in [4.78, 5) is 21.1. The molecule has 3 aromatic carbocycles. The van der Waals surface area contributed by atoms with E-state index >= 15 is 0 Å². The van der Waals surface area contributed by atoms with E-state index in [2.05, 4.69) is 48.1 Å². The van der Waals surface area contributed by atoms with E-state index in [1.54, 1.807) is 18.5 Å². The van der Waals surface area contributed by atoms with Gasteiger partial charge in [0.05, 0.1) is 11.0 Å². The minimum atomic E-state index is -0.0203. The molecule has 0 aliphatic rings. The molecule has 0 N–H and O–H groups in total. The van der Waals surface area contributed by atoms with Crippen LogP contribution in [0.5, 0.6) is 0 Å². The first kappa shape index (κ1) is 19.7. The van der Waals surface area contributed by atoms with Gasteiger partial charge in [0.2, 0.25) is 0 Å². The molecule has 3 heteroatoms. The molecule has 30 heavy (non-hydrogen) atoms. The standard InChI is InChI=1S/C27H24N2O/c1-19(2)17-20-3-7-22(8-4-20)23-9-11-24(12-10-23)27(30)14-6-21-5-13-25-26(18-21)29-16-15-28-25/h3-16,18-19H,17H2,1-2H3/b14-6+. The van der Waals surface area contributed by atoms with Crippen molar-refractivity contribution in [3.63, 3.8) is 0 Å². The monoisotopic (exact) mass is 392 g/mol. The number of benzene rings is 3. The Labute approximate surface area is 177 Å². The lowest BCUT2D eigenvalue weighted by atomic mass is 9.98. The Bertz CT molecular complexity index is 1190. The minimum Gasteiger partial charge on any atom is -0.289 e. The molecule has 0 fully saturated rings. The third-order valence-electron chi connectivity index (χ3n) is 5.02. The minimum absolute atomic E-state index is 0.0203. The Kier molecular flexibility index (Phi) is 5.80. The highest BCUT2D eigenvalue weighted by Gasteiger charge is 2.05. The second-order valence-electron chi connectivity index (χ2n) is 7.87. The molecule has 4 rings (SSSR count). The molecule has 0 amide bonds. The predicted octanol–water partition coefficient (Wildman–Crippen LogP) is 6.39. The molecule has 4 aromatic rings. The van der Waals surface area contributed by atoms with E-state index in [1.165, 1.54) is 5.56 Å². The van der Waals surface area contributed by atoms with Gasteiger partial charge in [0.15, 0.2) is 5.78 Å². The molecule has 0 bridgehead atoms. The summed E-state index contributed by atoms with van der Waals surface area (Å²) in [5, 5.41) is 0. The Hall–Kier alpha value is -3.59. The summed E-state index contributed by atoms with van der Waals surface area (Å²) in [5.74, 6) is 0.629. The Morgan fingerprint density at radius 2 is 1.47 bits per heavy atom. The van der Waals surface area contributed by atoms with Crippen LogP contribution in [0.1, 0.15) is 35.3 Å². The number of carbonyl (C=O) groups is 1. The van der Waals surface area contributed by atoms with Gasteiger partial charge < -0.3 is 0 Å². The summed E-state index contributed by atoms with van der Waals surface area (Å²) in [7, 11) is 0. The number of carbonyl (C=O) groups excluding carboxylic acids is 1. The number of aromatic nitrogens is 2. The highest BCUT2D eigenvalue weighted by Crippen LogP contribution is 2.22. The van der Waals surface area contributed by atoms with Crippen molar-refractivity contribution in [2.24, 2.45) is 5.92 Å². The molecular weight excluding hydrogens is 368 g/mol.